The molecule has 1 rings (SSSR count). The Balaban J connectivity index is 3.83. The average molecular weight is 276 g/mol. The van der Waals surface area contributed by atoms with Crippen LogP contribution >= 0.6 is 10.7 Å². The van der Waals surface area contributed by atoms with Crippen LogP contribution in [0.3, 0.4) is 0 Å². The van der Waals surface area contributed by atoms with Crippen molar-refractivity contribution in [3.63, 3.8) is 0 Å². The first-order chi connectivity index (χ1) is 7.82. The van der Waals surface area contributed by atoms with Crippen molar-refractivity contribution in [3.05, 3.63) is 33.4 Å². The largest absolute Gasteiger partial charge is 0.326 e. The highest BCUT2D eigenvalue weighted by Crippen LogP contribution is 2.31. The van der Waals surface area contributed by atoms with Gasteiger partial charge >= 0.3 is 0 Å². The fraction of sp³-hybridized carbons (Fsp3) is 0.125. The Hall–Kier alpha value is -1.69. The third-order valence-corrected chi connectivity index (χ3v) is 3.36. The van der Waals surface area contributed by atoms with Crippen molar-refractivity contribution < 1.29 is 13.3 Å². The molecule has 0 aliphatic rings. The maximum absolute atomic E-state index is 11.3. The predicted molar refractivity (Wildman–Crippen MR) is 58.7 cm³/mol. The molecule has 90 valence electrons. The van der Waals surface area contributed by atoms with Crippen LogP contribution in [0, 0.1) is 21.4 Å². The lowest BCUT2D eigenvalue weighted by atomic mass is 10.1. The van der Waals surface area contributed by atoms with Crippen molar-refractivity contribution in [2.75, 3.05) is 0 Å². The van der Waals surface area contributed by atoms with Gasteiger partial charge in [0.05, 0.1) is 10.5 Å². The Morgan fingerprint density at radius 1 is 1.53 bits per heavy atom. The van der Waals surface area contributed by atoms with E-state index in [-0.39, 0.29) is 12.1 Å². The first-order valence-electron chi connectivity index (χ1n) is 4.18. The number of rotatable bonds is 3. The molecule has 0 bridgehead atoms. The van der Waals surface area contributed by atoms with Gasteiger partial charge in [0.1, 0.15) is 6.07 Å². The molecule has 0 unspecified atom stereocenters. The van der Waals surface area contributed by atoms with Crippen molar-refractivity contribution in [1.29, 1.82) is 5.26 Å². The zero-order valence-electron chi connectivity index (χ0n) is 8.25. The Labute approximate surface area is 101 Å². The number of hydrogen-bond donors (Lipinski definition) is 1. The number of nitro benzene ring substituents is 1. The second-order valence-corrected chi connectivity index (χ2v) is 5.46. The van der Waals surface area contributed by atoms with E-state index in [0.29, 0.717) is 0 Å². The molecule has 2 N–H and O–H groups in total. The molecule has 1 aromatic rings. The van der Waals surface area contributed by atoms with Gasteiger partial charge in [0.15, 0.2) is 4.90 Å². The molecule has 1 aromatic carbocycles. The number of nitro groups is 1. The van der Waals surface area contributed by atoms with E-state index in [1.807, 2.05) is 0 Å². The molecule has 0 amide bonds. The third kappa shape index (κ3) is 2.52. The highest BCUT2D eigenvalue weighted by Gasteiger charge is 2.29. The van der Waals surface area contributed by atoms with Crippen LogP contribution in [-0.4, -0.2) is 13.3 Å². The van der Waals surface area contributed by atoms with E-state index in [2.05, 4.69) is 0 Å². The summed E-state index contributed by atoms with van der Waals surface area (Å²) in [5, 5.41) is 19.5. The standard InChI is InChI=1S/C8H6ClN3O4S/c9-17(15,16)8-6(4-11)5(3-10)1-2-7(8)12(13)14/h1-2H,3,10H2. The molecule has 7 nitrogen and oxygen atoms in total. The van der Waals surface area contributed by atoms with Gasteiger partial charge in [-0.25, -0.2) is 8.42 Å². The summed E-state index contributed by atoms with van der Waals surface area (Å²) in [7, 11) is 0.695. The molecule has 0 aliphatic carbocycles. The average Bonchev–Trinajstić information content (AvgIpc) is 2.25. The fourth-order valence-corrected chi connectivity index (χ4v) is 2.58. The van der Waals surface area contributed by atoms with Crippen LogP contribution < -0.4 is 5.73 Å². The third-order valence-electron chi connectivity index (χ3n) is 2.00. The van der Waals surface area contributed by atoms with E-state index in [0.717, 1.165) is 6.07 Å². The zero-order valence-corrected chi connectivity index (χ0v) is 9.83. The van der Waals surface area contributed by atoms with Crippen LogP contribution in [-0.2, 0) is 15.6 Å². The summed E-state index contributed by atoms with van der Waals surface area (Å²) in [4.78, 5) is 8.95. The molecule has 9 heteroatoms. The van der Waals surface area contributed by atoms with Crippen LogP contribution in [0.1, 0.15) is 11.1 Å². The van der Waals surface area contributed by atoms with Crippen molar-refractivity contribution in [2.45, 2.75) is 11.4 Å². The normalized spacial score (nSPS) is 10.9. The van der Waals surface area contributed by atoms with Crippen molar-refractivity contribution in [3.8, 4) is 6.07 Å². The van der Waals surface area contributed by atoms with Gasteiger partial charge in [0, 0.05) is 23.3 Å². The number of benzene rings is 1. The molecule has 0 spiro atoms. The van der Waals surface area contributed by atoms with Gasteiger partial charge in [-0.15, -0.1) is 0 Å². The summed E-state index contributed by atoms with van der Waals surface area (Å²) in [6.07, 6.45) is 0. The van der Waals surface area contributed by atoms with Crippen LogP contribution in [0.4, 0.5) is 5.69 Å². The molecule has 0 saturated carbocycles. The maximum atomic E-state index is 11.3. The van der Waals surface area contributed by atoms with Crippen molar-refractivity contribution in [1.82, 2.24) is 0 Å². The van der Waals surface area contributed by atoms with Crippen molar-refractivity contribution in [2.24, 2.45) is 5.73 Å². The smallest absolute Gasteiger partial charge is 0.290 e. The van der Waals surface area contributed by atoms with Gasteiger partial charge in [-0.05, 0) is 11.6 Å². The first-order valence-corrected chi connectivity index (χ1v) is 6.49. The highest BCUT2D eigenvalue weighted by atomic mass is 35.7. The molecule has 0 saturated heterocycles. The minimum atomic E-state index is -4.40. The Kier molecular flexibility index (Phi) is 3.67. The van der Waals surface area contributed by atoms with Gasteiger partial charge in [0.25, 0.3) is 14.7 Å². The summed E-state index contributed by atoms with van der Waals surface area (Å²) in [5.74, 6) is 0. The van der Waals surface area contributed by atoms with Gasteiger partial charge in [0.2, 0.25) is 0 Å². The quantitative estimate of drug-likeness (QED) is 0.495. The Morgan fingerprint density at radius 3 is 2.47 bits per heavy atom. The number of hydrogen-bond acceptors (Lipinski definition) is 6. The molecule has 0 aliphatic heterocycles. The molecule has 0 radical (unpaired) electrons. The van der Waals surface area contributed by atoms with E-state index in [4.69, 9.17) is 21.7 Å². The fourth-order valence-electron chi connectivity index (χ4n) is 1.30. The maximum Gasteiger partial charge on any atom is 0.290 e. The number of nitrogens with two attached hydrogens (primary N) is 1. The summed E-state index contributed by atoms with van der Waals surface area (Å²) >= 11 is 0. The van der Waals surface area contributed by atoms with Crippen LogP contribution in [0.5, 0.6) is 0 Å². The van der Waals surface area contributed by atoms with E-state index >= 15 is 0 Å². The van der Waals surface area contributed by atoms with E-state index < -0.39 is 30.1 Å². The molecular weight excluding hydrogens is 270 g/mol. The second-order valence-electron chi connectivity index (χ2n) is 2.96. The lowest BCUT2D eigenvalue weighted by Crippen LogP contribution is -2.07. The Morgan fingerprint density at radius 2 is 2.12 bits per heavy atom. The van der Waals surface area contributed by atoms with E-state index in [9.17, 15) is 18.5 Å². The predicted octanol–water partition coefficient (Wildman–Crippen LogP) is 0.853. The molecule has 0 heterocycles. The lowest BCUT2D eigenvalue weighted by molar-refractivity contribution is -0.387. The van der Waals surface area contributed by atoms with Crippen molar-refractivity contribution >= 4 is 25.4 Å². The number of nitrogens with zero attached hydrogens (tertiary/aromatic N) is 2. The van der Waals surface area contributed by atoms with Crippen LogP contribution in [0.2, 0.25) is 0 Å². The Bertz CT molecular complexity index is 620. The summed E-state index contributed by atoms with van der Waals surface area (Å²) in [6.45, 7) is -0.125. The molecule has 0 aromatic heterocycles. The monoisotopic (exact) mass is 275 g/mol. The highest BCUT2D eigenvalue weighted by molar-refractivity contribution is 8.13. The number of halogens is 1. The SMILES string of the molecule is N#Cc1c(CN)ccc([N+](=O)[O-])c1S(=O)(=O)Cl. The van der Waals surface area contributed by atoms with Gasteiger partial charge in [-0.3, -0.25) is 10.1 Å². The summed E-state index contributed by atoms with van der Waals surface area (Å²) in [5.41, 5.74) is 4.35. The van der Waals surface area contributed by atoms with Gasteiger partial charge < -0.3 is 5.73 Å². The van der Waals surface area contributed by atoms with Gasteiger partial charge in [-0.2, -0.15) is 5.26 Å². The van der Waals surface area contributed by atoms with E-state index in [1.54, 1.807) is 6.07 Å². The lowest BCUT2D eigenvalue weighted by Gasteiger charge is -2.05. The molecular formula is C8H6ClN3O4S. The molecule has 0 atom stereocenters. The van der Waals surface area contributed by atoms with Crippen LogP contribution in [0.25, 0.3) is 0 Å². The van der Waals surface area contributed by atoms with Gasteiger partial charge in [-0.1, -0.05) is 0 Å². The zero-order chi connectivity index (χ0) is 13.2. The minimum absolute atomic E-state index is 0.125. The summed E-state index contributed by atoms with van der Waals surface area (Å²) < 4.78 is 22.6. The van der Waals surface area contributed by atoms with Crippen LogP contribution in [0.15, 0.2) is 17.0 Å². The summed E-state index contributed by atoms with van der Waals surface area (Å²) in [6, 6.07) is 3.75. The topological polar surface area (TPSA) is 127 Å². The minimum Gasteiger partial charge on any atom is -0.326 e. The van der Waals surface area contributed by atoms with E-state index in [1.165, 1.54) is 6.07 Å². The molecule has 17 heavy (non-hydrogen) atoms. The number of nitriles is 1. The second kappa shape index (κ2) is 4.67. The molecule has 0 fully saturated rings. The first kappa shape index (κ1) is 13.4.